The van der Waals surface area contributed by atoms with E-state index in [0.29, 0.717) is 17.0 Å². The number of thioether (sulfide) groups is 1. The number of nitrogens with one attached hydrogen (secondary N) is 2. The third-order valence-corrected chi connectivity index (χ3v) is 4.90. The van der Waals surface area contributed by atoms with Crippen molar-refractivity contribution in [2.75, 3.05) is 17.7 Å². The first-order valence-electron chi connectivity index (χ1n) is 7.90. The van der Waals surface area contributed by atoms with E-state index >= 15 is 0 Å². The second kappa shape index (κ2) is 8.66. The Hall–Kier alpha value is -2.35. The molecular weight excluding hydrogens is 344 g/mol. The molecular formula is C17H20N2O5S. The number of amides is 2. The first kappa shape index (κ1) is 19.0. The van der Waals surface area contributed by atoms with Gasteiger partial charge in [0.05, 0.1) is 11.9 Å². The molecule has 8 heteroatoms. The number of benzene rings is 1. The van der Waals surface area contributed by atoms with Crippen LogP contribution in [0.25, 0.3) is 0 Å². The van der Waals surface area contributed by atoms with Crippen LogP contribution in [-0.4, -0.2) is 47.2 Å². The molecule has 7 nitrogen and oxygen atoms in total. The van der Waals surface area contributed by atoms with Crippen LogP contribution in [0.5, 0.6) is 0 Å². The molecule has 2 rings (SSSR count). The zero-order chi connectivity index (χ0) is 18.4. The summed E-state index contributed by atoms with van der Waals surface area (Å²) in [5.41, 5.74) is 1.12. The molecule has 2 amide bonds. The van der Waals surface area contributed by atoms with Gasteiger partial charge in [-0.3, -0.25) is 14.4 Å². The molecule has 1 aromatic rings. The molecule has 1 fully saturated rings. The summed E-state index contributed by atoms with van der Waals surface area (Å²) in [6.45, 7) is 3.42. The summed E-state index contributed by atoms with van der Waals surface area (Å²) in [5.74, 6) is -0.800. The van der Waals surface area contributed by atoms with E-state index in [0.717, 1.165) is 0 Å². The van der Waals surface area contributed by atoms with Crippen molar-refractivity contribution >= 4 is 41.0 Å². The van der Waals surface area contributed by atoms with Gasteiger partial charge in [0.2, 0.25) is 11.8 Å². The molecule has 1 aromatic carbocycles. The van der Waals surface area contributed by atoms with Crippen LogP contribution >= 0.6 is 11.8 Å². The first-order chi connectivity index (χ1) is 11.9. The Bertz CT molecular complexity index is 674. The second-order valence-corrected chi connectivity index (χ2v) is 6.76. The fourth-order valence-electron chi connectivity index (χ4n) is 2.28. The smallest absolute Gasteiger partial charge is 0.329 e. The lowest BCUT2D eigenvalue weighted by Gasteiger charge is -2.27. The maximum atomic E-state index is 12.1. The van der Waals surface area contributed by atoms with Gasteiger partial charge < -0.3 is 15.4 Å². The van der Waals surface area contributed by atoms with E-state index in [4.69, 9.17) is 4.74 Å². The fraction of sp³-hybridized carbons (Fsp3) is 0.412. The number of carbonyl (C=O) groups is 4. The van der Waals surface area contributed by atoms with Gasteiger partial charge in [0.15, 0.2) is 5.78 Å². The monoisotopic (exact) mass is 364 g/mol. The van der Waals surface area contributed by atoms with Gasteiger partial charge in [-0.05, 0) is 38.1 Å². The highest BCUT2D eigenvalue weighted by molar-refractivity contribution is 8.00. The van der Waals surface area contributed by atoms with Gasteiger partial charge in [0, 0.05) is 23.4 Å². The van der Waals surface area contributed by atoms with Crippen LogP contribution < -0.4 is 10.6 Å². The van der Waals surface area contributed by atoms with Crippen LogP contribution in [0.15, 0.2) is 24.3 Å². The molecule has 0 saturated carbocycles. The van der Waals surface area contributed by atoms with Crippen molar-refractivity contribution in [3.05, 3.63) is 29.8 Å². The van der Waals surface area contributed by atoms with Crippen molar-refractivity contribution in [2.24, 2.45) is 0 Å². The van der Waals surface area contributed by atoms with Gasteiger partial charge in [-0.15, -0.1) is 11.8 Å². The normalized spacial score (nSPS) is 19.7. The number of esters is 1. The van der Waals surface area contributed by atoms with Crippen molar-refractivity contribution in [2.45, 2.75) is 31.6 Å². The molecule has 2 N–H and O–H groups in total. The molecule has 0 aromatic heterocycles. The van der Waals surface area contributed by atoms with Gasteiger partial charge >= 0.3 is 5.97 Å². The summed E-state index contributed by atoms with van der Waals surface area (Å²) >= 11 is 1.26. The van der Waals surface area contributed by atoms with Crippen molar-refractivity contribution in [1.82, 2.24) is 5.32 Å². The molecule has 25 heavy (non-hydrogen) atoms. The molecule has 0 aliphatic carbocycles. The third-order valence-electron chi connectivity index (χ3n) is 3.59. The predicted octanol–water partition coefficient (Wildman–Crippen LogP) is 1.38. The lowest BCUT2D eigenvalue weighted by atomic mass is 10.1. The molecule has 0 bridgehead atoms. The molecule has 0 radical (unpaired) electrons. The van der Waals surface area contributed by atoms with Gasteiger partial charge in [-0.2, -0.15) is 0 Å². The number of hydrogen-bond acceptors (Lipinski definition) is 6. The molecule has 1 aliphatic rings. The zero-order valence-corrected chi connectivity index (χ0v) is 14.9. The van der Waals surface area contributed by atoms with Crippen molar-refractivity contribution in [3.63, 3.8) is 0 Å². The average molecular weight is 364 g/mol. The standard InChI is InChI=1S/C17H20N2O5S/c1-3-24-17(23)13-9-25-14(16(22)19-13)8-15(21)18-12-6-4-11(5-7-12)10(2)20/h4-7,13-14H,3,8-9H2,1-2H3,(H,18,21)(H,19,22). The van der Waals surface area contributed by atoms with E-state index in [1.165, 1.54) is 18.7 Å². The molecule has 2 unspecified atom stereocenters. The number of anilines is 1. The van der Waals surface area contributed by atoms with E-state index in [2.05, 4.69) is 10.6 Å². The third kappa shape index (κ3) is 5.32. The predicted molar refractivity (Wildman–Crippen MR) is 94.5 cm³/mol. The van der Waals surface area contributed by atoms with Crippen molar-refractivity contribution < 1.29 is 23.9 Å². The number of hydrogen-bond donors (Lipinski definition) is 2. The van der Waals surface area contributed by atoms with E-state index in [1.807, 2.05) is 0 Å². The lowest BCUT2D eigenvalue weighted by molar-refractivity contribution is -0.146. The van der Waals surface area contributed by atoms with Gasteiger partial charge in [0.1, 0.15) is 6.04 Å². The SMILES string of the molecule is CCOC(=O)C1CSC(CC(=O)Nc2ccc(C(C)=O)cc2)C(=O)N1. The Balaban J connectivity index is 1.85. The summed E-state index contributed by atoms with van der Waals surface area (Å²) in [5, 5.41) is 4.73. The zero-order valence-electron chi connectivity index (χ0n) is 14.0. The van der Waals surface area contributed by atoms with E-state index in [1.54, 1.807) is 31.2 Å². The minimum absolute atomic E-state index is 0.000501. The second-order valence-electron chi connectivity index (χ2n) is 5.52. The summed E-state index contributed by atoms with van der Waals surface area (Å²) in [4.78, 5) is 47.0. The van der Waals surface area contributed by atoms with E-state index in [-0.39, 0.29) is 30.6 Å². The molecule has 1 aliphatic heterocycles. The Morgan fingerprint density at radius 2 is 1.96 bits per heavy atom. The minimum atomic E-state index is -0.670. The number of ketones is 1. The first-order valence-corrected chi connectivity index (χ1v) is 8.95. The summed E-state index contributed by atoms with van der Waals surface area (Å²) in [6.07, 6.45) is 0.000501. The average Bonchev–Trinajstić information content (AvgIpc) is 2.57. The Morgan fingerprint density at radius 3 is 2.52 bits per heavy atom. The topological polar surface area (TPSA) is 102 Å². The fourth-order valence-corrected chi connectivity index (χ4v) is 3.42. The van der Waals surface area contributed by atoms with E-state index < -0.39 is 17.3 Å². The highest BCUT2D eigenvalue weighted by Gasteiger charge is 2.34. The highest BCUT2D eigenvalue weighted by atomic mass is 32.2. The van der Waals surface area contributed by atoms with Crippen LogP contribution in [0.4, 0.5) is 5.69 Å². The molecule has 1 saturated heterocycles. The Kier molecular flexibility index (Phi) is 6.58. The van der Waals surface area contributed by atoms with Crippen LogP contribution in [-0.2, 0) is 19.1 Å². The lowest BCUT2D eigenvalue weighted by Crippen LogP contribution is -2.51. The molecule has 134 valence electrons. The molecule has 1 heterocycles. The molecule has 2 atom stereocenters. The molecule has 0 spiro atoms. The maximum Gasteiger partial charge on any atom is 0.329 e. The number of rotatable bonds is 6. The van der Waals surface area contributed by atoms with Crippen LogP contribution in [0.1, 0.15) is 30.6 Å². The van der Waals surface area contributed by atoms with Gasteiger partial charge in [0.25, 0.3) is 0 Å². The number of Topliss-reactive ketones (excluding diaryl/α,β-unsaturated/α-hetero) is 1. The quantitative estimate of drug-likeness (QED) is 0.584. The summed E-state index contributed by atoms with van der Waals surface area (Å²) in [6, 6.07) is 5.86. The van der Waals surface area contributed by atoms with Gasteiger partial charge in [-0.25, -0.2) is 4.79 Å². The van der Waals surface area contributed by atoms with Crippen LogP contribution in [0.2, 0.25) is 0 Å². The summed E-state index contributed by atoms with van der Waals surface area (Å²) in [7, 11) is 0. The summed E-state index contributed by atoms with van der Waals surface area (Å²) < 4.78 is 4.88. The number of ether oxygens (including phenoxy) is 1. The Morgan fingerprint density at radius 1 is 1.28 bits per heavy atom. The van der Waals surface area contributed by atoms with Crippen molar-refractivity contribution in [3.8, 4) is 0 Å². The van der Waals surface area contributed by atoms with Crippen molar-refractivity contribution in [1.29, 1.82) is 0 Å². The number of carbonyl (C=O) groups excluding carboxylic acids is 4. The maximum absolute atomic E-state index is 12.1. The largest absolute Gasteiger partial charge is 0.464 e. The van der Waals surface area contributed by atoms with Crippen LogP contribution in [0.3, 0.4) is 0 Å². The van der Waals surface area contributed by atoms with E-state index in [9.17, 15) is 19.2 Å². The van der Waals surface area contributed by atoms with Gasteiger partial charge in [-0.1, -0.05) is 0 Å². The van der Waals surface area contributed by atoms with Crippen LogP contribution in [0, 0.1) is 0 Å². The highest BCUT2D eigenvalue weighted by Crippen LogP contribution is 2.22. The Labute approximate surface area is 149 Å². The minimum Gasteiger partial charge on any atom is -0.464 e.